The fraction of sp³-hybridized carbons (Fsp3) is 0.286. The molecule has 0 unspecified atom stereocenters. The molecule has 0 atom stereocenters. The Kier molecular flexibility index (Phi) is 2.30. The van der Waals surface area contributed by atoms with E-state index >= 15 is 0 Å². The van der Waals surface area contributed by atoms with Gasteiger partial charge in [-0.15, -0.1) is 0 Å². The van der Waals surface area contributed by atoms with Crippen LogP contribution in [0, 0.1) is 0 Å². The number of fused-ring (bicyclic) bond motifs is 1. The minimum absolute atomic E-state index is 0.155. The van der Waals surface area contributed by atoms with Crippen molar-refractivity contribution < 1.29 is 10.2 Å². The first-order chi connectivity index (χ1) is 7.39. The van der Waals surface area contributed by atoms with Gasteiger partial charge in [0, 0.05) is 5.56 Å². The molecule has 0 aliphatic heterocycles. The second-order valence-corrected chi connectivity index (χ2v) is 5.12. The summed E-state index contributed by atoms with van der Waals surface area (Å²) < 4.78 is 0. The Morgan fingerprint density at radius 3 is 2.19 bits per heavy atom. The zero-order valence-corrected chi connectivity index (χ0v) is 9.78. The van der Waals surface area contributed by atoms with Gasteiger partial charge in [0.25, 0.3) is 0 Å². The van der Waals surface area contributed by atoms with E-state index in [0.29, 0.717) is 0 Å². The second-order valence-electron chi connectivity index (χ2n) is 5.12. The number of phenols is 2. The number of aromatic hydroxyl groups is 2. The zero-order valence-electron chi connectivity index (χ0n) is 9.78. The fourth-order valence-electron chi connectivity index (χ4n) is 2.08. The van der Waals surface area contributed by atoms with E-state index in [1.54, 1.807) is 18.2 Å². The summed E-state index contributed by atoms with van der Waals surface area (Å²) in [6.45, 7) is 6.14. The summed E-state index contributed by atoms with van der Waals surface area (Å²) in [7, 11) is 0. The van der Waals surface area contributed by atoms with Crippen LogP contribution in [0.5, 0.6) is 11.5 Å². The van der Waals surface area contributed by atoms with E-state index in [4.69, 9.17) is 0 Å². The molecule has 0 bridgehead atoms. The molecule has 0 fully saturated rings. The third-order valence-corrected chi connectivity index (χ3v) is 2.73. The summed E-state index contributed by atoms with van der Waals surface area (Å²) in [5, 5.41) is 21.4. The van der Waals surface area contributed by atoms with Crippen molar-refractivity contribution >= 4 is 10.8 Å². The third kappa shape index (κ3) is 1.71. The predicted molar refractivity (Wildman–Crippen MR) is 66.0 cm³/mol. The summed E-state index contributed by atoms with van der Waals surface area (Å²) in [4.78, 5) is 0. The molecule has 0 spiro atoms. The second kappa shape index (κ2) is 3.41. The van der Waals surface area contributed by atoms with Crippen LogP contribution < -0.4 is 0 Å². The van der Waals surface area contributed by atoms with Gasteiger partial charge in [-0.25, -0.2) is 0 Å². The standard InChI is InChI=1S/C14H16O2/c1-14(2,3)13-11-8-10(15)6-4-9(11)5-7-12(13)16/h4-8,15-16H,1-3H3. The Morgan fingerprint density at radius 2 is 1.56 bits per heavy atom. The number of phenolic OH excluding ortho intramolecular Hbond substituents is 2. The number of rotatable bonds is 0. The Labute approximate surface area is 95.2 Å². The third-order valence-electron chi connectivity index (χ3n) is 2.73. The number of hydrogen-bond donors (Lipinski definition) is 2. The van der Waals surface area contributed by atoms with Gasteiger partial charge in [-0.2, -0.15) is 0 Å². The summed E-state index contributed by atoms with van der Waals surface area (Å²) >= 11 is 0. The topological polar surface area (TPSA) is 40.5 Å². The summed E-state index contributed by atoms with van der Waals surface area (Å²) in [6.07, 6.45) is 0. The van der Waals surface area contributed by atoms with Gasteiger partial charge >= 0.3 is 0 Å². The maximum absolute atomic E-state index is 9.95. The average Bonchev–Trinajstić information content (AvgIpc) is 2.14. The van der Waals surface area contributed by atoms with E-state index in [2.05, 4.69) is 0 Å². The minimum Gasteiger partial charge on any atom is -0.508 e. The molecule has 2 nitrogen and oxygen atoms in total. The highest BCUT2D eigenvalue weighted by molar-refractivity contribution is 5.89. The first kappa shape index (κ1) is 10.8. The van der Waals surface area contributed by atoms with Gasteiger partial charge in [0.15, 0.2) is 0 Å². The maximum Gasteiger partial charge on any atom is 0.119 e. The predicted octanol–water partition coefficient (Wildman–Crippen LogP) is 3.55. The van der Waals surface area contributed by atoms with Crippen LogP contribution in [0.25, 0.3) is 10.8 Å². The largest absolute Gasteiger partial charge is 0.508 e. The lowest BCUT2D eigenvalue weighted by Gasteiger charge is -2.22. The number of benzene rings is 2. The summed E-state index contributed by atoms with van der Waals surface area (Å²) in [6, 6.07) is 8.79. The molecule has 0 saturated carbocycles. The van der Waals surface area contributed by atoms with Gasteiger partial charge in [0.05, 0.1) is 0 Å². The molecule has 2 heteroatoms. The average molecular weight is 216 g/mol. The van der Waals surface area contributed by atoms with Crippen LogP contribution in [0.3, 0.4) is 0 Å². The van der Waals surface area contributed by atoms with Gasteiger partial charge < -0.3 is 10.2 Å². The first-order valence-corrected chi connectivity index (χ1v) is 5.35. The quantitative estimate of drug-likeness (QED) is 0.707. The van der Waals surface area contributed by atoms with Crippen molar-refractivity contribution in [2.24, 2.45) is 0 Å². The van der Waals surface area contributed by atoms with Gasteiger partial charge in [0.2, 0.25) is 0 Å². The van der Waals surface area contributed by atoms with E-state index in [1.807, 2.05) is 32.9 Å². The molecule has 0 heterocycles. The normalized spacial score (nSPS) is 11.9. The van der Waals surface area contributed by atoms with Crippen LogP contribution >= 0.6 is 0 Å². The van der Waals surface area contributed by atoms with E-state index in [1.165, 1.54) is 0 Å². The van der Waals surface area contributed by atoms with Crippen LogP contribution in [0.1, 0.15) is 26.3 Å². The van der Waals surface area contributed by atoms with E-state index in [0.717, 1.165) is 16.3 Å². The zero-order chi connectivity index (χ0) is 11.9. The monoisotopic (exact) mass is 216 g/mol. The van der Waals surface area contributed by atoms with Crippen molar-refractivity contribution in [2.75, 3.05) is 0 Å². The van der Waals surface area contributed by atoms with Crippen molar-refractivity contribution in [2.45, 2.75) is 26.2 Å². The highest BCUT2D eigenvalue weighted by Gasteiger charge is 2.21. The molecule has 2 aromatic carbocycles. The van der Waals surface area contributed by atoms with E-state index in [9.17, 15) is 10.2 Å². The van der Waals surface area contributed by atoms with Crippen LogP contribution in [-0.4, -0.2) is 10.2 Å². The summed E-state index contributed by atoms with van der Waals surface area (Å²) in [5.41, 5.74) is 0.720. The lowest BCUT2D eigenvalue weighted by molar-refractivity contribution is 0.449. The molecule has 0 aliphatic carbocycles. The SMILES string of the molecule is CC(C)(C)c1c(O)ccc2ccc(O)cc12. The van der Waals surface area contributed by atoms with Crippen molar-refractivity contribution in [1.82, 2.24) is 0 Å². The molecular formula is C14H16O2. The summed E-state index contributed by atoms with van der Waals surface area (Å²) in [5.74, 6) is 0.509. The molecule has 0 saturated heterocycles. The Bertz CT molecular complexity index is 531. The maximum atomic E-state index is 9.95. The Balaban J connectivity index is 2.88. The highest BCUT2D eigenvalue weighted by Crippen LogP contribution is 2.37. The van der Waals surface area contributed by atoms with Gasteiger partial charge in [0.1, 0.15) is 11.5 Å². The van der Waals surface area contributed by atoms with Crippen molar-refractivity contribution in [3.63, 3.8) is 0 Å². The molecule has 0 radical (unpaired) electrons. The van der Waals surface area contributed by atoms with Crippen LogP contribution in [-0.2, 0) is 5.41 Å². The van der Waals surface area contributed by atoms with E-state index in [-0.39, 0.29) is 16.9 Å². The molecule has 0 amide bonds. The molecule has 16 heavy (non-hydrogen) atoms. The molecule has 84 valence electrons. The molecular weight excluding hydrogens is 200 g/mol. The molecule has 2 rings (SSSR count). The molecule has 2 N–H and O–H groups in total. The molecule has 0 aliphatic rings. The lowest BCUT2D eigenvalue weighted by Crippen LogP contribution is -2.11. The van der Waals surface area contributed by atoms with Crippen molar-refractivity contribution in [3.05, 3.63) is 35.9 Å². The Hall–Kier alpha value is -1.70. The number of hydrogen-bond acceptors (Lipinski definition) is 2. The molecule has 2 aromatic rings. The first-order valence-electron chi connectivity index (χ1n) is 5.35. The van der Waals surface area contributed by atoms with Crippen LogP contribution in [0.2, 0.25) is 0 Å². The molecule has 0 aromatic heterocycles. The smallest absolute Gasteiger partial charge is 0.119 e. The fourth-order valence-corrected chi connectivity index (χ4v) is 2.08. The highest BCUT2D eigenvalue weighted by atomic mass is 16.3. The van der Waals surface area contributed by atoms with Gasteiger partial charge in [-0.3, -0.25) is 0 Å². The van der Waals surface area contributed by atoms with E-state index < -0.39 is 0 Å². The Morgan fingerprint density at radius 1 is 0.938 bits per heavy atom. The minimum atomic E-state index is -0.155. The van der Waals surface area contributed by atoms with Gasteiger partial charge in [-0.1, -0.05) is 32.9 Å². The van der Waals surface area contributed by atoms with Crippen LogP contribution in [0.4, 0.5) is 0 Å². The van der Waals surface area contributed by atoms with Crippen molar-refractivity contribution in [3.8, 4) is 11.5 Å². The van der Waals surface area contributed by atoms with Gasteiger partial charge in [-0.05, 0) is 34.4 Å². The van der Waals surface area contributed by atoms with Crippen molar-refractivity contribution in [1.29, 1.82) is 0 Å². The lowest BCUT2D eigenvalue weighted by atomic mass is 9.83. The van der Waals surface area contributed by atoms with Crippen LogP contribution in [0.15, 0.2) is 30.3 Å².